The Morgan fingerprint density at radius 2 is 1.26 bits per heavy atom. The van der Waals surface area contributed by atoms with Crippen molar-refractivity contribution in [3.8, 4) is 11.1 Å². The number of aliphatic carboxylic acids is 2. The van der Waals surface area contributed by atoms with Gasteiger partial charge in [-0.1, -0.05) is 48.5 Å². The first kappa shape index (κ1) is 37.0. The third kappa shape index (κ3) is 12.1. The van der Waals surface area contributed by atoms with Crippen LogP contribution in [0.15, 0.2) is 48.5 Å². The molecule has 14 nitrogen and oxygen atoms in total. The number of nitrogens with one attached hydrogen (secondary N) is 4. The first-order chi connectivity index (χ1) is 21.7. The quantitative estimate of drug-likeness (QED) is 0.144. The number of ether oxygens (including phenoxy) is 1. The van der Waals surface area contributed by atoms with E-state index in [0.717, 1.165) is 22.3 Å². The number of alkyl carbamates (subject to hydrolysis) is 1. The highest BCUT2D eigenvalue weighted by Gasteiger charge is 2.38. The fraction of sp³-hybridized carbons (Fsp3) is 0.379. The van der Waals surface area contributed by atoms with Crippen LogP contribution in [0.2, 0.25) is 0 Å². The van der Waals surface area contributed by atoms with Gasteiger partial charge in [0, 0.05) is 5.92 Å². The summed E-state index contributed by atoms with van der Waals surface area (Å²) < 4.78 is 37.1. The number of hydrogen-bond acceptors (Lipinski definition) is 8. The number of amides is 4. The summed E-state index contributed by atoms with van der Waals surface area (Å²) in [5, 5.41) is 25.6. The van der Waals surface area contributed by atoms with Gasteiger partial charge in [-0.05, 0) is 48.1 Å². The zero-order valence-corrected chi connectivity index (χ0v) is 24.4. The minimum atomic E-state index is -5.08. The van der Waals surface area contributed by atoms with Crippen LogP contribution in [-0.4, -0.2) is 91.0 Å². The van der Waals surface area contributed by atoms with Crippen LogP contribution < -0.4 is 27.0 Å². The lowest BCUT2D eigenvalue weighted by Gasteiger charge is -2.15. The molecule has 0 saturated heterocycles. The molecule has 0 unspecified atom stereocenters. The number of nitrogens with two attached hydrogens (primary N) is 1. The van der Waals surface area contributed by atoms with Crippen molar-refractivity contribution >= 4 is 35.8 Å². The van der Waals surface area contributed by atoms with E-state index in [4.69, 9.17) is 20.4 Å². The van der Waals surface area contributed by atoms with Gasteiger partial charge < -0.3 is 42.0 Å². The number of carboxylic acid groups (broad SMARTS) is 2. The Kier molecular flexibility index (Phi) is 14.4. The predicted octanol–water partition coefficient (Wildman–Crippen LogP) is 1.09. The summed E-state index contributed by atoms with van der Waals surface area (Å²) in [7, 11) is 0. The molecule has 2 aromatic carbocycles. The first-order valence-electron chi connectivity index (χ1n) is 13.9. The molecule has 0 heterocycles. The maximum Gasteiger partial charge on any atom is 0.490 e. The van der Waals surface area contributed by atoms with E-state index in [9.17, 15) is 42.3 Å². The Hall–Kier alpha value is -5.19. The summed E-state index contributed by atoms with van der Waals surface area (Å²) in [5.41, 5.74) is 9.71. The molecule has 0 saturated carbocycles. The van der Waals surface area contributed by atoms with Gasteiger partial charge in [-0.3, -0.25) is 14.4 Å². The standard InChI is InChI=1S/C27H33N5O7.C2HF3O2/c28-12-6-5-11-22(26(36)37)32-25(35)15-30-23(33)13-29-24(34)14-31-27(38)39-16-21-19-9-3-1-7-17(19)18-8-2-4-10-20(18)21;3-2(4,5)1(6)7/h1-4,7-10,21-22H,5-6,11-16,28H2,(H,29,34)(H,30,33)(H,31,38)(H,32,35)(H,36,37);(H,6,7)/t22-;/m0./s1. The van der Waals surface area contributed by atoms with E-state index in [2.05, 4.69) is 21.3 Å². The van der Waals surface area contributed by atoms with E-state index in [1.165, 1.54) is 0 Å². The Morgan fingerprint density at radius 3 is 1.74 bits per heavy atom. The molecule has 8 N–H and O–H groups in total. The van der Waals surface area contributed by atoms with Gasteiger partial charge in [0.05, 0.1) is 13.1 Å². The van der Waals surface area contributed by atoms with Crippen molar-refractivity contribution in [1.82, 2.24) is 21.3 Å². The Balaban J connectivity index is 0.000000942. The van der Waals surface area contributed by atoms with E-state index in [1.807, 2.05) is 48.5 Å². The van der Waals surface area contributed by atoms with Gasteiger partial charge in [0.15, 0.2) is 0 Å². The third-order valence-corrected chi connectivity index (χ3v) is 6.45. The Morgan fingerprint density at radius 1 is 0.783 bits per heavy atom. The fourth-order valence-electron chi connectivity index (χ4n) is 4.28. The zero-order valence-electron chi connectivity index (χ0n) is 24.4. The number of benzene rings is 2. The second-order valence-corrected chi connectivity index (χ2v) is 9.78. The summed E-state index contributed by atoms with van der Waals surface area (Å²) in [6, 6.07) is 14.8. The van der Waals surface area contributed by atoms with Crippen LogP contribution >= 0.6 is 0 Å². The van der Waals surface area contributed by atoms with Crippen LogP contribution in [0.1, 0.15) is 36.3 Å². The summed E-state index contributed by atoms with van der Waals surface area (Å²) in [5.74, 6) is -6.01. The topological polar surface area (TPSA) is 226 Å². The van der Waals surface area contributed by atoms with E-state index in [1.54, 1.807) is 0 Å². The number of carboxylic acids is 2. The minimum Gasteiger partial charge on any atom is -0.480 e. The molecule has 0 aromatic heterocycles. The second kappa shape index (κ2) is 17.9. The highest BCUT2D eigenvalue weighted by molar-refractivity contribution is 5.90. The summed E-state index contributed by atoms with van der Waals surface area (Å²) in [4.78, 5) is 68.2. The van der Waals surface area contributed by atoms with Crippen molar-refractivity contribution in [3.63, 3.8) is 0 Å². The number of fused-ring (bicyclic) bond motifs is 3. The number of hydrogen-bond donors (Lipinski definition) is 7. The summed E-state index contributed by atoms with van der Waals surface area (Å²) in [6.07, 6.45) is -4.46. The molecule has 4 amide bonds. The van der Waals surface area contributed by atoms with Crippen LogP contribution in [0.3, 0.4) is 0 Å². The van der Waals surface area contributed by atoms with Gasteiger partial charge in [-0.2, -0.15) is 13.2 Å². The lowest BCUT2D eigenvalue weighted by molar-refractivity contribution is -0.192. The van der Waals surface area contributed by atoms with Gasteiger partial charge in [0.2, 0.25) is 17.7 Å². The molecule has 0 spiro atoms. The molecular weight excluding hydrogens is 619 g/mol. The first-order valence-corrected chi connectivity index (χ1v) is 13.9. The van der Waals surface area contributed by atoms with Gasteiger partial charge >= 0.3 is 24.2 Å². The Bertz CT molecular complexity index is 1360. The smallest absolute Gasteiger partial charge is 0.480 e. The highest BCUT2D eigenvalue weighted by atomic mass is 19.4. The van der Waals surface area contributed by atoms with Gasteiger partial charge in [0.25, 0.3) is 0 Å². The maximum absolute atomic E-state index is 12.2. The molecule has 1 atom stereocenters. The molecule has 1 aliphatic carbocycles. The van der Waals surface area contributed by atoms with E-state index < -0.39 is 67.6 Å². The highest BCUT2D eigenvalue weighted by Crippen LogP contribution is 2.44. The lowest BCUT2D eigenvalue weighted by Crippen LogP contribution is -2.47. The number of carbonyl (C=O) groups is 6. The lowest BCUT2D eigenvalue weighted by atomic mass is 9.98. The molecule has 0 aliphatic heterocycles. The second-order valence-electron chi connectivity index (χ2n) is 9.78. The number of alkyl halides is 3. The number of rotatable bonds is 14. The largest absolute Gasteiger partial charge is 0.490 e. The molecule has 3 rings (SSSR count). The summed E-state index contributed by atoms with van der Waals surface area (Å²) in [6.45, 7) is -0.775. The van der Waals surface area contributed by atoms with Crippen LogP contribution in [0.5, 0.6) is 0 Å². The molecule has 1 aliphatic rings. The molecule has 0 bridgehead atoms. The van der Waals surface area contributed by atoms with Crippen LogP contribution in [0.4, 0.5) is 18.0 Å². The minimum absolute atomic E-state index is 0.0989. The van der Waals surface area contributed by atoms with E-state index in [-0.39, 0.29) is 18.9 Å². The maximum atomic E-state index is 12.2. The SMILES string of the molecule is NCCCC[C@H](NC(=O)CNC(=O)CNC(=O)CNC(=O)OCC1c2ccccc2-c2ccccc21)C(=O)O.O=C(O)C(F)(F)F. The average molecular weight is 654 g/mol. The molecule has 46 heavy (non-hydrogen) atoms. The number of halogens is 3. The van der Waals surface area contributed by atoms with Gasteiger partial charge in [-0.15, -0.1) is 0 Å². The van der Waals surface area contributed by atoms with Crippen molar-refractivity contribution in [2.24, 2.45) is 5.73 Å². The third-order valence-electron chi connectivity index (χ3n) is 6.45. The predicted molar refractivity (Wildman–Crippen MR) is 155 cm³/mol. The summed E-state index contributed by atoms with van der Waals surface area (Å²) >= 11 is 0. The van der Waals surface area contributed by atoms with Crippen molar-refractivity contribution in [1.29, 1.82) is 0 Å². The van der Waals surface area contributed by atoms with E-state index in [0.29, 0.717) is 19.4 Å². The number of unbranched alkanes of at least 4 members (excludes halogenated alkanes) is 1. The molecule has 0 radical (unpaired) electrons. The molecule has 0 fully saturated rings. The van der Waals surface area contributed by atoms with Gasteiger partial charge in [-0.25, -0.2) is 14.4 Å². The number of carbonyl (C=O) groups excluding carboxylic acids is 4. The fourth-order valence-corrected chi connectivity index (χ4v) is 4.28. The normalized spacial score (nSPS) is 12.3. The van der Waals surface area contributed by atoms with E-state index >= 15 is 0 Å². The Labute approximate surface area is 260 Å². The van der Waals surface area contributed by atoms with Gasteiger partial charge in [0.1, 0.15) is 19.2 Å². The average Bonchev–Trinajstić information content (AvgIpc) is 3.33. The van der Waals surface area contributed by atoms with Crippen molar-refractivity contribution < 1.29 is 56.9 Å². The van der Waals surface area contributed by atoms with Crippen LogP contribution in [0.25, 0.3) is 11.1 Å². The molecule has 250 valence electrons. The molecule has 17 heteroatoms. The van der Waals surface area contributed by atoms with Crippen LogP contribution in [0, 0.1) is 0 Å². The molecular formula is C29H34F3N5O9. The van der Waals surface area contributed by atoms with Crippen molar-refractivity contribution in [3.05, 3.63) is 59.7 Å². The van der Waals surface area contributed by atoms with Crippen LogP contribution in [-0.2, 0) is 28.7 Å². The van der Waals surface area contributed by atoms with Crippen molar-refractivity contribution in [2.45, 2.75) is 37.4 Å². The molecule has 2 aromatic rings. The van der Waals surface area contributed by atoms with Crippen molar-refractivity contribution in [2.75, 3.05) is 32.8 Å². The zero-order chi connectivity index (χ0) is 34.3. The monoisotopic (exact) mass is 653 g/mol.